The van der Waals surface area contributed by atoms with E-state index >= 15 is 0 Å². The molecule has 6 heteroatoms. The first kappa shape index (κ1) is 18.3. The largest absolute Gasteiger partial charge is 0.399 e. The molecule has 0 radical (unpaired) electrons. The number of anilines is 1. The molecule has 0 spiro atoms. The molecule has 2 amide bonds. The summed E-state index contributed by atoms with van der Waals surface area (Å²) in [6.45, 7) is 1.54. The Morgan fingerprint density at radius 1 is 1.23 bits per heavy atom. The van der Waals surface area contributed by atoms with Crippen molar-refractivity contribution in [3.05, 3.63) is 29.8 Å². The Morgan fingerprint density at radius 3 is 2.55 bits per heavy atom. The maximum atomic E-state index is 12.3. The Hall–Kier alpha value is -1.75. The summed E-state index contributed by atoms with van der Waals surface area (Å²) in [6.07, 6.45) is 3.66. The highest BCUT2D eigenvalue weighted by molar-refractivity contribution is 5.85. The second-order valence-electron chi connectivity index (χ2n) is 5.77. The third-order valence-electron chi connectivity index (χ3n) is 4.01. The smallest absolute Gasteiger partial charge is 0.226 e. The van der Waals surface area contributed by atoms with Gasteiger partial charge in [-0.15, -0.1) is 12.4 Å². The van der Waals surface area contributed by atoms with Crippen molar-refractivity contribution >= 4 is 29.9 Å². The number of hydrogen-bond donors (Lipinski definition) is 2. The van der Waals surface area contributed by atoms with Crippen LogP contribution in [0.1, 0.15) is 31.2 Å². The van der Waals surface area contributed by atoms with Crippen LogP contribution in [-0.4, -0.2) is 29.8 Å². The first-order valence-corrected chi connectivity index (χ1v) is 7.45. The molecule has 1 saturated heterocycles. The quantitative estimate of drug-likeness (QED) is 0.808. The van der Waals surface area contributed by atoms with Crippen molar-refractivity contribution in [1.82, 2.24) is 4.90 Å². The molecule has 0 aliphatic carbocycles. The van der Waals surface area contributed by atoms with Crippen LogP contribution in [0.5, 0.6) is 0 Å². The molecule has 1 atom stereocenters. The van der Waals surface area contributed by atoms with Crippen LogP contribution in [0, 0.1) is 5.92 Å². The van der Waals surface area contributed by atoms with Crippen molar-refractivity contribution in [3.8, 4) is 0 Å². The third-order valence-corrected chi connectivity index (χ3v) is 4.01. The number of carbonyl (C=O) groups excluding carboxylic acids is 2. The van der Waals surface area contributed by atoms with E-state index in [-0.39, 0.29) is 24.2 Å². The molecule has 1 aliphatic rings. The van der Waals surface area contributed by atoms with E-state index in [9.17, 15) is 9.59 Å². The SMILES string of the molecule is Cl.NC(=O)CCC1CCCN(C(=O)Cc2ccc(N)cc2)C1. The Bertz CT molecular complexity index is 505. The summed E-state index contributed by atoms with van der Waals surface area (Å²) in [7, 11) is 0. The van der Waals surface area contributed by atoms with Gasteiger partial charge in [-0.2, -0.15) is 0 Å². The molecule has 1 heterocycles. The molecule has 2 rings (SSSR count). The van der Waals surface area contributed by atoms with E-state index in [4.69, 9.17) is 11.5 Å². The topological polar surface area (TPSA) is 89.4 Å². The van der Waals surface area contributed by atoms with Gasteiger partial charge in [0.25, 0.3) is 0 Å². The van der Waals surface area contributed by atoms with Crippen molar-refractivity contribution in [2.45, 2.75) is 32.1 Å². The molecule has 0 aromatic heterocycles. The number of piperidine rings is 1. The van der Waals surface area contributed by atoms with E-state index in [0.717, 1.165) is 37.9 Å². The van der Waals surface area contributed by atoms with Crippen LogP contribution in [0.3, 0.4) is 0 Å². The first-order valence-electron chi connectivity index (χ1n) is 7.45. The van der Waals surface area contributed by atoms with Gasteiger partial charge in [-0.3, -0.25) is 9.59 Å². The van der Waals surface area contributed by atoms with Crippen LogP contribution in [-0.2, 0) is 16.0 Å². The van der Waals surface area contributed by atoms with Crippen molar-refractivity contribution in [2.75, 3.05) is 18.8 Å². The zero-order chi connectivity index (χ0) is 15.2. The minimum Gasteiger partial charge on any atom is -0.399 e. The summed E-state index contributed by atoms with van der Waals surface area (Å²) in [5.74, 6) is 0.269. The highest BCUT2D eigenvalue weighted by Crippen LogP contribution is 2.21. The maximum absolute atomic E-state index is 12.3. The summed E-state index contributed by atoms with van der Waals surface area (Å²) in [6, 6.07) is 7.41. The van der Waals surface area contributed by atoms with Gasteiger partial charge in [0.2, 0.25) is 11.8 Å². The van der Waals surface area contributed by atoms with Crippen LogP contribution >= 0.6 is 12.4 Å². The van der Waals surface area contributed by atoms with Gasteiger partial charge in [0, 0.05) is 25.2 Å². The monoisotopic (exact) mass is 325 g/mol. The molecule has 122 valence electrons. The normalized spacial score (nSPS) is 17.6. The van der Waals surface area contributed by atoms with Gasteiger partial charge in [0.1, 0.15) is 0 Å². The molecular formula is C16H24ClN3O2. The number of nitrogens with two attached hydrogens (primary N) is 2. The van der Waals surface area contributed by atoms with Crippen LogP contribution < -0.4 is 11.5 Å². The van der Waals surface area contributed by atoms with Gasteiger partial charge in [0.05, 0.1) is 6.42 Å². The number of nitrogens with zero attached hydrogens (tertiary/aromatic N) is 1. The molecule has 0 saturated carbocycles. The number of benzene rings is 1. The fraction of sp³-hybridized carbons (Fsp3) is 0.500. The Balaban J connectivity index is 0.00000242. The number of amides is 2. The average molecular weight is 326 g/mol. The molecule has 1 fully saturated rings. The van der Waals surface area contributed by atoms with Gasteiger partial charge in [-0.05, 0) is 42.9 Å². The van der Waals surface area contributed by atoms with Crippen LogP contribution in [0.4, 0.5) is 5.69 Å². The highest BCUT2D eigenvalue weighted by Gasteiger charge is 2.23. The summed E-state index contributed by atoms with van der Waals surface area (Å²) in [5, 5.41) is 0. The molecule has 1 aromatic carbocycles. The average Bonchev–Trinajstić information content (AvgIpc) is 2.48. The second-order valence-corrected chi connectivity index (χ2v) is 5.77. The minimum absolute atomic E-state index is 0. The van der Waals surface area contributed by atoms with Gasteiger partial charge in [-0.25, -0.2) is 0 Å². The number of carbonyl (C=O) groups is 2. The fourth-order valence-corrected chi connectivity index (χ4v) is 2.80. The third kappa shape index (κ3) is 5.56. The van der Waals surface area contributed by atoms with Gasteiger partial charge in [0.15, 0.2) is 0 Å². The lowest BCUT2D eigenvalue weighted by atomic mass is 9.93. The highest BCUT2D eigenvalue weighted by atomic mass is 35.5. The van der Waals surface area contributed by atoms with E-state index in [1.807, 2.05) is 29.2 Å². The maximum Gasteiger partial charge on any atom is 0.226 e. The molecule has 1 aliphatic heterocycles. The summed E-state index contributed by atoms with van der Waals surface area (Å²) >= 11 is 0. The number of likely N-dealkylation sites (tertiary alicyclic amines) is 1. The van der Waals surface area contributed by atoms with Crippen LogP contribution in [0.15, 0.2) is 24.3 Å². The number of rotatable bonds is 5. The number of nitrogen functional groups attached to an aromatic ring is 1. The van der Waals surface area contributed by atoms with Crippen molar-refractivity contribution in [3.63, 3.8) is 0 Å². The molecule has 1 aromatic rings. The van der Waals surface area contributed by atoms with Crippen LogP contribution in [0.2, 0.25) is 0 Å². The van der Waals surface area contributed by atoms with E-state index in [1.165, 1.54) is 0 Å². The molecule has 22 heavy (non-hydrogen) atoms. The predicted octanol–water partition coefficient (Wildman–Crippen LogP) is 1.74. The predicted molar refractivity (Wildman–Crippen MR) is 89.5 cm³/mol. The summed E-state index contributed by atoms with van der Waals surface area (Å²) in [5.41, 5.74) is 12.5. The van der Waals surface area contributed by atoms with Gasteiger partial charge >= 0.3 is 0 Å². The lowest BCUT2D eigenvalue weighted by molar-refractivity contribution is -0.132. The Labute approximate surface area is 137 Å². The first-order chi connectivity index (χ1) is 10.0. The van der Waals surface area contributed by atoms with Gasteiger partial charge in [-0.1, -0.05) is 12.1 Å². The van der Waals surface area contributed by atoms with E-state index in [0.29, 0.717) is 24.4 Å². The molecule has 1 unspecified atom stereocenters. The Morgan fingerprint density at radius 2 is 1.91 bits per heavy atom. The lowest BCUT2D eigenvalue weighted by Crippen LogP contribution is -2.40. The number of halogens is 1. The molecular weight excluding hydrogens is 302 g/mol. The fourth-order valence-electron chi connectivity index (χ4n) is 2.80. The number of hydrogen-bond acceptors (Lipinski definition) is 3. The zero-order valence-corrected chi connectivity index (χ0v) is 13.5. The van der Waals surface area contributed by atoms with Crippen molar-refractivity contribution in [1.29, 1.82) is 0 Å². The lowest BCUT2D eigenvalue weighted by Gasteiger charge is -2.32. The number of primary amides is 1. The van der Waals surface area contributed by atoms with Crippen molar-refractivity contribution < 1.29 is 9.59 Å². The minimum atomic E-state index is -0.264. The van der Waals surface area contributed by atoms with E-state index in [1.54, 1.807) is 0 Å². The van der Waals surface area contributed by atoms with E-state index < -0.39 is 0 Å². The Kier molecular flexibility index (Phi) is 7.18. The molecule has 5 nitrogen and oxygen atoms in total. The summed E-state index contributed by atoms with van der Waals surface area (Å²) < 4.78 is 0. The molecule has 4 N–H and O–H groups in total. The van der Waals surface area contributed by atoms with Crippen molar-refractivity contribution in [2.24, 2.45) is 11.7 Å². The van der Waals surface area contributed by atoms with Crippen LogP contribution in [0.25, 0.3) is 0 Å². The zero-order valence-electron chi connectivity index (χ0n) is 12.7. The van der Waals surface area contributed by atoms with Gasteiger partial charge < -0.3 is 16.4 Å². The van der Waals surface area contributed by atoms with E-state index in [2.05, 4.69) is 0 Å². The summed E-state index contributed by atoms with van der Waals surface area (Å²) in [4.78, 5) is 25.1. The second kappa shape index (κ2) is 8.63. The standard InChI is InChI=1S/C16H23N3O2.ClH/c17-14-6-3-12(4-7-14)10-16(21)19-9-1-2-13(11-19)5-8-15(18)20;/h3-4,6-7,13H,1-2,5,8-11,17H2,(H2,18,20);1H. The molecule has 0 bridgehead atoms.